The molecule has 0 saturated carbocycles. The van der Waals surface area contributed by atoms with Crippen molar-refractivity contribution in [3.05, 3.63) is 66.0 Å². The summed E-state index contributed by atoms with van der Waals surface area (Å²) in [5.74, 6) is -0.461. The van der Waals surface area contributed by atoms with E-state index in [1.165, 1.54) is 0 Å². The van der Waals surface area contributed by atoms with E-state index in [1.54, 1.807) is 12.4 Å². The van der Waals surface area contributed by atoms with Crippen LogP contribution in [0.3, 0.4) is 0 Å². The number of carbonyl (C=O) groups excluding carboxylic acids is 2. The van der Waals surface area contributed by atoms with Crippen LogP contribution >= 0.6 is 0 Å². The first-order valence-corrected chi connectivity index (χ1v) is 9.93. The number of nitrogens with one attached hydrogen (secondary N) is 1. The molecule has 0 bridgehead atoms. The quantitative estimate of drug-likeness (QED) is 0.754. The van der Waals surface area contributed by atoms with Gasteiger partial charge in [-0.25, -0.2) is 4.79 Å². The smallest absolute Gasteiger partial charge is 0.408 e. The van der Waals surface area contributed by atoms with E-state index >= 15 is 0 Å². The molecule has 3 rings (SSSR count). The van der Waals surface area contributed by atoms with E-state index in [1.807, 2.05) is 63.2 Å². The molecule has 29 heavy (non-hydrogen) atoms. The summed E-state index contributed by atoms with van der Waals surface area (Å²) in [5, 5.41) is 2.92. The molecule has 6 heteroatoms. The van der Waals surface area contributed by atoms with Gasteiger partial charge in [0.05, 0.1) is 12.0 Å². The second-order valence-corrected chi connectivity index (χ2v) is 8.41. The van der Waals surface area contributed by atoms with Gasteiger partial charge in [0.2, 0.25) is 0 Å². The molecule has 1 aliphatic heterocycles. The number of pyridine rings is 1. The summed E-state index contributed by atoms with van der Waals surface area (Å²) in [5.41, 5.74) is 1.50. The van der Waals surface area contributed by atoms with Crippen molar-refractivity contribution in [3.63, 3.8) is 0 Å². The van der Waals surface area contributed by atoms with Gasteiger partial charge in [-0.2, -0.15) is 0 Å². The molecule has 3 atom stereocenters. The van der Waals surface area contributed by atoms with Crippen LogP contribution in [0.15, 0.2) is 54.9 Å². The normalized spacial score (nSPS) is 20.0. The third kappa shape index (κ3) is 6.31. The van der Waals surface area contributed by atoms with Gasteiger partial charge in [-0.05, 0) is 56.9 Å². The minimum absolute atomic E-state index is 0.226. The SMILES string of the molecule is CC(C)(C)OC(=O)N[C@@H](Cc1ccccc1)[C@@H]1CC(Cc2ccncc2)C(=O)O1. The van der Waals surface area contributed by atoms with Gasteiger partial charge in [0.1, 0.15) is 11.7 Å². The van der Waals surface area contributed by atoms with Crippen molar-refractivity contribution in [1.82, 2.24) is 10.3 Å². The molecule has 1 aliphatic rings. The zero-order valence-electron chi connectivity index (χ0n) is 17.1. The number of nitrogens with zero attached hydrogens (tertiary/aromatic N) is 1. The van der Waals surface area contributed by atoms with Gasteiger partial charge < -0.3 is 14.8 Å². The van der Waals surface area contributed by atoms with E-state index in [9.17, 15) is 9.59 Å². The lowest BCUT2D eigenvalue weighted by molar-refractivity contribution is -0.145. The van der Waals surface area contributed by atoms with Gasteiger partial charge in [-0.15, -0.1) is 0 Å². The second kappa shape index (κ2) is 9.07. The number of aromatic nitrogens is 1. The maximum Gasteiger partial charge on any atom is 0.408 e. The summed E-state index contributed by atoms with van der Waals surface area (Å²) >= 11 is 0. The largest absolute Gasteiger partial charge is 0.460 e. The fourth-order valence-electron chi connectivity index (χ4n) is 3.49. The van der Waals surface area contributed by atoms with Crippen LogP contribution < -0.4 is 5.32 Å². The van der Waals surface area contributed by atoms with Gasteiger partial charge in [0.25, 0.3) is 0 Å². The van der Waals surface area contributed by atoms with E-state index < -0.39 is 17.8 Å². The standard InChI is InChI=1S/C23H28N2O4/c1-23(2,3)29-22(27)25-19(14-16-7-5-4-6-8-16)20-15-18(21(26)28-20)13-17-9-11-24-12-10-17/h4-12,18-20H,13-15H2,1-3H3,(H,25,27)/t18?,19-,20-/m0/s1. The van der Waals surface area contributed by atoms with E-state index in [0.29, 0.717) is 19.3 Å². The maximum atomic E-state index is 12.5. The maximum absolute atomic E-state index is 12.5. The van der Waals surface area contributed by atoms with Gasteiger partial charge in [-0.3, -0.25) is 9.78 Å². The van der Waals surface area contributed by atoms with Gasteiger partial charge in [0, 0.05) is 18.8 Å². The monoisotopic (exact) mass is 396 g/mol. The molecule has 1 N–H and O–H groups in total. The molecule has 1 fully saturated rings. The third-order valence-electron chi connectivity index (χ3n) is 4.80. The third-order valence-corrected chi connectivity index (χ3v) is 4.80. The van der Waals surface area contributed by atoms with Crippen LogP contribution in [0, 0.1) is 5.92 Å². The fourth-order valence-corrected chi connectivity index (χ4v) is 3.49. The predicted molar refractivity (Wildman–Crippen MR) is 109 cm³/mol. The van der Waals surface area contributed by atoms with Crippen molar-refractivity contribution in [2.24, 2.45) is 5.92 Å². The highest BCUT2D eigenvalue weighted by Crippen LogP contribution is 2.28. The van der Waals surface area contributed by atoms with Crippen LogP contribution in [-0.4, -0.2) is 34.8 Å². The fraction of sp³-hybridized carbons (Fsp3) is 0.435. The highest BCUT2D eigenvalue weighted by molar-refractivity contribution is 5.75. The summed E-state index contributed by atoms with van der Waals surface area (Å²) in [4.78, 5) is 28.9. The highest BCUT2D eigenvalue weighted by atomic mass is 16.6. The zero-order chi connectivity index (χ0) is 20.9. The average molecular weight is 396 g/mol. The summed E-state index contributed by atoms with van der Waals surface area (Å²) in [6.07, 6.45) is 4.23. The summed E-state index contributed by atoms with van der Waals surface area (Å²) < 4.78 is 11.1. The van der Waals surface area contributed by atoms with Crippen molar-refractivity contribution in [1.29, 1.82) is 0 Å². The number of ether oxygens (including phenoxy) is 2. The first-order valence-electron chi connectivity index (χ1n) is 9.93. The van der Waals surface area contributed by atoms with Gasteiger partial charge in [0.15, 0.2) is 0 Å². The first-order chi connectivity index (χ1) is 13.8. The van der Waals surface area contributed by atoms with Crippen LogP contribution in [0.2, 0.25) is 0 Å². The molecule has 1 aromatic heterocycles. The minimum Gasteiger partial charge on any atom is -0.460 e. The van der Waals surface area contributed by atoms with Crippen molar-refractivity contribution in [2.45, 2.75) is 57.8 Å². The number of amides is 1. The van der Waals surface area contributed by atoms with Crippen molar-refractivity contribution in [3.8, 4) is 0 Å². The lowest BCUT2D eigenvalue weighted by atomic mass is 9.92. The Bertz CT molecular complexity index is 818. The Morgan fingerprint density at radius 1 is 1.17 bits per heavy atom. The Kier molecular flexibility index (Phi) is 6.52. The molecule has 1 amide bonds. The predicted octanol–water partition coefficient (Wildman–Crippen LogP) is 3.69. The van der Waals surface area contributed by atoms with Gasteiger partial charge in [-0.1, -0.05) is 30.3 Å². The van der Waals surface area contributed by atoms with Crippen molar-refractivity contribution >= 4 is 12.1 Å². The molecule has 1 aromatic carbocycles. The number of esters is 1. The average Bonchev–Trinajstić information content (AvgIpc) is 3.02. The van der Waals surface area contributed by atoms with Crippen LogP contribution in [-0.2, 0) is 27.1 Å². The number of cyclic esters (lactones) is 1. The first kappa shape index (κ1) is 20.8. The number of hydrogen-bond donors (Lipinski definition) is 1. The Morgan fingerprint density at radius 3 is 2.52 bits per heavy atom. The number of carbonyl (C=O) groups is 2. The Morgan fingerprint density at radius 2 is 1.86 bits per heavy atom. The lowest BCUT2D eigenvalue weighted by Crippen LogP contribution is -2.46. The molecular weight excluding hydrogens is 368 g/mol. The van der Waals surface area contributed by atoms with E-state index in [0.717, 1.165) is 11.1 Å². The second-order valence-electron chi connectivity index (χ2n) is 8.41. The molecular formula is C23H28N2O4. The van der Waals surface area contributed by atoms with Crippen LogP contribution in [0.1, 0.15) is 38.3 Å². The van der Waals surface area contributed by atoms with Gasteiger partial charge >= 0.3 is 12.1 Å². The van der Waals surface area contributed by atoms with Crippen LogP contribution in [0.25, 0.3) is 0 Å². The molecule has 0 aliphatic carbocycles. The molecule has 1 saturated heterocycles. The molecule has 0 radical (unpaired) electrons. The molecule has 0 spiro atoms. The zero-order valence-corrected chi connectivity index (χ0v) is 17.1. The lowest BCUT2D eigenvalue weighted by Gasteiger charge is -2.26. The molecule has 6 nitrogen and oxygen atoms in total. The topological polar surface area (TPSA) is 77.5 Å². The molecule has 154 valence electrons. The van der Waals surface area contributed by atoms with E-state index in [-0.39, 0.29) is 17.9 Å². The number of benzene rings is 1. The summed E-state index contributed by atoms with van der Waals surface area (Å²) in [6.45, 7) is 5.46. The number of alkyl carbamates (subject to hydrolysis) is 1. The number of rotatable bonds is 6. The summed E-state index contributed by atoms with van der Waals surface area (Å²) in [6, 6.07) is 13.3. The Balaban J connectivity index is 1.71. The molecule has 2 heterocycles. The van der Waals surface area contributed by atoms with E-state index in [4.69, 9.17) is 9.47 Å². The van der Waals surface area contributed by atoms with E-state index in [2.05, 4.69) is 10.3 Å². The highest BCUT2D eigenvalue weighted by Gasteiger charge is 2.40. The van der Waals surface area contributed by atoms with Crippen LogP contribution in [0.5, 0.6) is 0 Å². The molecule has 2 aromatic rings. The molecule has 1 unspecified atom stereocenters. The number of hydrogen-bond acceptors (Lipinski definition) is 5. The van der Waals surface area contributed by atoms with Crippen LogP contribution in [0.4, 0.5) is 4.79 Å². The Labute approximate surface area is 171 Å². The minimum atomic E-state index is -0.600. The Hall–Kier alpha value is -2.89. The van der Waals surface area contributed by atoms with Crippen molar-refractivity contribution in [2.75, 3.05) is 0 Å². The van der Waals surface area contributed by atoms with Crippen molar-refractivity contribution < 1.29 is 19.1 Å². The summed E-state index contributed by atoms with van der Waals surface area (Å²) in [7, 11) is 0.